The van der Waals surface area contributed by atoms with Gasteiger partial charge in [-0.1, -0.05) is 0 Å². The van der Waals surface area contributed by atoms with Gasteiger partial charge < -0.3 is 173 Å². The van der Waals surface area contributed by atoms with Crippen LogP contribution in [0.15, 0.2) is 0 Å². The Kier molecular flexibility index (Phi) is 22.0. The summed E-state index contributed by atoms with van der Waals surface area (Å²) in [6.45, 7) is -8.02. The Morgan fingerprint density at radius 3 is 0.556 bits per heavy atom. The molecular weight excluding hydrogens is 1140 g/mol. The van der Waals surface area contributed by atoms with Gasteiger partial charge in [0.25, 0.3) is 0 Å². The highest BCUT2D eigenvalue weighted by molar-refractivity contribution is 7.80. The minimum atomic E-state index is -5.62. The third-order valence-electron chi connectivity index (χ3n) is 15.0. The van der Waals surface area contributed by atoms with Gasteiger partial charge in [-0.15, -0.1) is 0 Å². The Morgan fingerprint density at radius 2 is 0.407 bits per heavy atom. The summed E-state index contributed by atoms with van der Waals surface area (Å²) in [5.41, 5.74) is 0. The van der Waals surface area contributed by atoms with E-state index in [1.165, 1.54) is 0 Å². The van der Waals surface area contributed by atoms with E-state index in [-0.39, 0.29) is 0 Å². The molecule has 38 nitrogen and oxygen atoms in total. The molecule has 472 valence electrons. The predicted molar refractivity (Wildman–Crippen MR) is 237 cm³/mol. The number of aliphatic hydroxyl groups excluding tert-OH is 20. The molecule has 20 N–H and O–H groups in total. The van der Waals surface area contributed by atoms with Crippen molar-refractivity contribution in [3.8, 4) is 0 Å². The van der Waals surface area contributed by atoms with Gasteiger partial charge in [0.1, 0.15) is 171 Å². The van der Waals surface area contributed by atoms with E-state index < -0.39 is 272 Å². The predicted octanol–water partition coefficient (Wildman–Crippen LogP) is -15.7. The van der Waals surface area contributed by atoms with Crippen LogP contribution in [-0.2, 0) is 80.9 Å². The van der Waals surface area contributed by atoms with Crippen LogP contribution in [0.5, 0.6) is 0 Å². The average Bonchev–Trinajstić information content (AvgIpc) is 3.48. The topological polar surface area (TPSA) is 600 Å². The Labute approximate surface area is 456 Å². The van der Waals surface area contributed by atoms with Crippen LogP contribution in [0.2, 0.25) is 0 Å². The second-order valence-corrected chi connectivity index (χ2v) is 21.2. The lowest BCUT2D eigenvalue weighted by Gasteiger charge is -2.50. The van der Waals surface area contributed by atoms with Gasteiger partial charge in [-0.05, 0) is 0 Å². The number of rotatable bonds is 9. The Bertz CT molecular complexity index is 2070. The van der Waals surface area contributed by atoms with Crippen molar-refractivity contribution in [3.05, 3.63) is 0 Å². The van der Waals surface area contributed by atoms with Crippen LogP contribution in [0.3, 0.4) is 0 Å². The molecule has 35 atom stereocenters. The third kappa shape index (κ3) is 13.5. The molecule has 0 aromatic heterocycles. The van der Waals surface area contributed by atoms with E-state index in [9.17, 15) is 115 Å². The molecule has 0 spiro atoms. The molecule has 0 unspecified atom stereocenters. The summed E-state index contributed by atoms with van der Waals surface area (Å²) >= 11 is 0. The van der Waals surface area contributed by atoms with Gasteiger partial charge >= 0.3 is 0 Å². The lowest BCUT2D eigenvalue weighted by molar-refractivity contribution is -0.396. The van der Waals surface area contributed by atoms with Crippen LogP contribution < -0.4 is 0 Å². The molecule has 21 aliphatic rings. The number of ether oxygens (including phenoxy) is 14. The quantitative estimate of drug-likeness (QED) is 0.0753. The summed E-state index contributed by atoms with van der Waals surface area (Å²) in [6.07, 6.45) is -73.8. The van der Waals surface area contributed by atoms with Crippen LogP contribution in [-0.4, -0.2) is 376 Å². The molecule has 21 aliphatic heterocycles. The van der Waals surface area contributed by atoms with E-state index in [0.717, 1.165) is 0 Å². The van der Waals surface area contributed by atoms with Crippen molar-refractivity contribution >= 4 is 10.4 Å². The van der Waals surface area contributed by atoms with Gasteiger partial charge in [0.2, 0.25) is 10.4 Å². The summed E-state index contributed by atoms with van der Waals surface area (Å²) < 4.78 is 118. The van der Waals surface area contributed by atoms with E-state index in [2.05, 4.69) is 4.18 Å². The van der Waals surface area contributed by atoms with E-state index in [1.54, 1.807) is 0 Å². The minimum absolute atomic E-state index is 1.08. The summed E-state index contributed by atoms with van der Waals surface area (Å²) in [7, 11) is -5.62. The molecule has 21 saturated heterocycles. The second kappa shape index (κ2) is 27.3. The van der Waals surface area contributed by atoms with Crippen LogP contribution in [0, 0.1) is 0 Å². The largest absolute Gasteiger partial charge is 0.726 e. The van der Waals surface area contributed by atoms with Gasteiger partial charge in [-0.2, -0.15) is 0 Å². The van der Waals surface area contributed by atoms with Crippen LogP contribution in [0.25, 0.3) is 0 Å². The SMILES string of the molecule is O=S(=O)([O-])OC[C@H]1O[C@@H]2O[C@H]3[C@H](O)[C@@H](O)[C@@H](O[C@H]4[C@H](O)[C@@H](O)[C@@H](O[C@H]5[C@H](O)[C@@H](O)[C@@H](O[C@H]6[C@H](O)[C@@H](O)[C@@H](O[C@H]7[C@H](O)[C@@H](O)[C@@H](O[C@H]8[C@H](O)[C@@H](O)[C@@H](O[C@H]1[C@H](O)[C@H]2O)O[C@@H]8CO)O[C@@H]7CO)O[C@@H]6CO)O[C@@H]5CO)O[C@@H]4CO)O[C@@H]3CO. The first-order valence-corrected chi connectivity index (χ1v) is 26.6. The van der Waals surface area contributed by atoms with Crippen molar-refractivity contribution in [3.63, 3.8) is 0 Å². The van der Waals surface area contributed by atoms with Gasteiger partial charge in [-0.3, -0.25) is 4.18 Å². The summed E-state index contributed by atoms with van der Waals surface area (Å²) in [5, 5.41) is 221. The lowest BCUT2D eigenvalue weighted by Crippen LogP contribution is -2.68. The summed E-state index contributed by atoms with van der Waals surface area (Å²) in [4.78, 5) is 0. The molecule has 0 aliphatic carbocycles. The fourth-order valence-corrected chi connectivity index (χ4v) is 10.9. The summed E-state index contributed by atoms with van der Waals surface area (Å²) in [6, 6.07) is 0. The molecule has 0 aromatic rings. The van der Waals surface area contributed by atoms with Gasteiger partial charge in [0.15, 0.2) is 44.0 Å². The van der Waals surface area contributed by atoms with E-state index in [4.69, 9.17) is 66.3 Å². The molecule has 0 saturated carbocycles. The van der Waals surface area contributed by atoms with Gasteiger partial charge in [0, 0.05) is 0 Å². The molecule has 21 heterocycles. The van der Waals surface area contributed by atoms with Gasteiger partial charge in [0.05, 0.1) is 46.2 Å². The van der Waals surface area contributed by atoms with Crippen molar-refractivity contribution in [2.24, 2.45) is 0 Å². The number of hydrogen-bond acceptors (Lipinski definition) is 38. The van der Waals surface area contributed by atoms with Crippen molar-refractivity contribution in [1.82, 2.24) is 0 Å². The Hall–Kier alpha value is -1.49. The van der Waals surface area contributed by atoms with Crippen LogP contribution in [0.1, 0.15) is 0 Å². The smallest absolute Gasteiger partial charge is 0.217 e. The van der Waals surface area contributed by atoms with Gasteiger partial charge in [-0.25, -0.2) is 8.42 Å². The zero-order valence-electron chi connectivity index (χ0n) is 41.9. The summed E-state index contributed by atoms with van der Waals surface area (Å²) in [5.74, 6) is 0. The normalized spacial score (nSPS) is 53.4. The highest BCUT2D eigenvalue weighted by Crippen LogP contribution is 2.39. The molecule has 0 aromatic carbocycles. The lowest BCUT2D eigenvalue weighted by atomic mass is 9.95. The molecule has 21 fully saturated rings. The number of hydrogen-bond donors (Lipinski definition) is 20. The van der Waals surface area contributed by atoms with Crippen LogP contribution in [0.4, 0.5) is 0 Å². The monoisotopic (exact) mass is 1210 g/mol. The second-order valence-electron chi connectivity index (χ2n) is 20.2. The molecule has 14 bridgehead atoms. The minimum Gasteiger partial charge on any atom is -0.726 e. The number of aliphatic hydroxyl groups is 20. The molecular formula is C42H69O38S-. The maximum atomic E-state index is 11.6. The first-order valence-electron chi connectivity index (χ1n) is 25.3. The van der Waals surface area contributed by atoms with E-state index in [0.29, 0.717) is 0 Å². The third-order valence-corrected chi connectivity index (χ3v) is 15.4. The maximum Gasteiger partial charge on any atom is 0.217 e. The fraction of sp³-hybridized carbons (Fsp3) is 1.00. The highest BCUT2D eigenvalue weighted by atomic mass is 32.3. The van der Waals surface area contributed by atoms with E-state index >= 15 is 0 Å². The average molecular weight is 1210 g/mol. The fourth-order valence-electron chi connectivity index (χ4n) is 10.6. The molecule has 0 radical (unpaired) electrons. The molecule has 81 heavy (non-hydrogen) atoms. The zero-order chi connectivity index (χ0) is 59.3. The van der Waals surface area contributed by atoms with Crippen molar-refractivity contribution in [2.75, 3.05) is 46.2 Å². The Balaban J connectivity index is 1.10. The van der Waals surface area contributed by atoms with E-state index in [1.807, 2.05) is 0 Å². The molecule has 39 heteroatoms. The van der Waals surface area contributed by atoms with Crippen molar-refractivity contribution in [2.45, 2.75) is 215 Å². The standard InChI is InChI=1S/C42H70O38S/c43-1-8-29-16(50)23(57)37(68-8)76-31-10(3-45)70-39(25(59)18(31)52)78-33-12(5-47)72-41(27(61)20(33)54)80-35-14(7-66-81(63,64)65)73-42(28(62)21(35)55)79-34-13(6-48)71-40(26(60)19(34)53)77-32-11(4-46)69-38(24(58)17(32)51)75-30-9(2-44)67-36(74-29)22(56)15(30)49/h8-62H,1-7H2,(H,63,64,65)/p-1/t8-,9-,10-,11-,12-,13-,14-,15-,16-,17-,18-,19-,20-,21-,22-,23-,24-,25-,26-,27-,28-,29-,30-,31-,32-,33-,34-,35-,36-,37-,38-,39-,40-,41-,42-/m1/s1. The van der Waals surface area contributed by atoms with Crippen molar-refractivity contribution < 1.29 is 186 Å². The first-order chi connectivity index (χ1) is 38.3. The first kappa shape index (κ1) is 65.5. The zero-order valence-corrected chi connectivity index (χ0v) is 42.7. The highest BCUT2D eigenvalue weighted by Gasteiger charge is 2.59. The van der Waals surface area contributed by atoms with Crippen molar-refractivity contribution in [1.29, 1.82) is 0 Å². The van der Waals surface area contributed by atoms with Crippen LogP contribution >= 0.6 is 0 Å². The molecule has 21 rings (SSSR count). The Morgan fingerprint density at radius 1 is 0.259 bits per heavy atom. The molecule has 0 amide bonds. The maximum absolute atomic E-state index is 11.6.